The highest BCUT2D eigenvalue weighted by atomic mass is 16.2. The van der Waals surface area contributed by atoms with E-state index in [1.807, 2.05) is 24.3 Å². The number of hydrogen-bond acceptors (Lipinski definition) is 3. The molecule has 0 aliphatic heterocycles. The fourth-order valence-electron chi connectivity index (χ4n) is 3.38. The lowest BCUT2D eigenvalue weighted by Gasteiger charge is -2.12. The van der Waals surface area contributed by atoms with Crippen molar-refractivity contribution in [2.75, 3.05) is 10.6 Å². The van der Waals surface area contributed by atoms with Gasteiger partial charge in [-0.25, -0.2) is 0 Å². The number of hydrogen-bond donors (Lipinski definition) is 3. The predicted molar refractivity (Wildman–Crippen MR) is 109 cm³/mol. The molecule has 28 heavy (non-hydrogen) atoms. The Morgan fingerprint density at radius 1 is 0.929 bits per heavy atom. The van der Waals surface area contributed by atoms with Crippen molar-refractivity contribution in [2.24, 2.45) is 5.92 Å². The van der Waals surface area contributed by atoms with Crippen molar-refractivity contribution in [2.45, 2.75) is 39.2 Å². The molecule has 2 aromatic carbocycles. The molecular weight excluding hydrogens is 354 g/mol. The van der Waals surface area contributed by atoms with Crippen LogP contribution in [0.5, 0.6) is 0 Å². The van der Waals surface area contributed by atoms with Gasteiger partial charge in [0.2, 0.25) is 11.8 Å². The van der Waals surface area contributed by atoms with Crippen LogP contribution in [0.25, 0.3) is 0 Å². The standard InChI is InChI=1S/C22H25N3O3/c1-15(26)24-19-11-9-18(10-12-19)21(27)23-14-16-5-4-8-20(13-16)25-22(28)17-6-2-3-7-17/h4-5,8-13,17H,2-3,6-7,14H2,1H3,(H,23,27)(H,24,26)(H,25,28). The average molecular weight is 379 g/mol. The third-order valence-corrected chi connectivity index (χ3v) is 4.84. The number of nitrogens with one attached hydrogen (secondary N) is 3. The summed E-state index contributed by atoms with van der Waals surface area (Å²) in [6, 6.07) is 14.2. The number of carbonyl (C=O) groups is 3. The van der Waals surface area contributed by atoms with Crippen LogP contribution in [0, 0.1) is 5.92 Å². The zero-order valence-electron chi connectivity index (χ0n) is 16.0. The third-order valence-electron chi connectivity index (χ3n) is 4.84. The number of carbonyl (C=O) groups excluding carboxylic acids is 3. The lowest BCUT2D eigenvalue weighted by molar-refractivity contribution is -0.119. The molecule has 0 spiro atoms. The molecule has 1 aliphatic rings. The van der Waals surface area contributed by atoms with Gasteiger partial charge in [0.05, 0.1) is 0 Å². The molecule has 1 fully saturated rings. The van der Waals surface area contributed by atoms with Crippen molar-refractivity contribution in [3.8, 4) is 0 Å². The molecule has 3 rings (SSSR count). The number of rotatable bonds is 6. The molecule has 3 amide bonds. The second-order valence-electron chi connectivity index (χ2n) is 7.11. The smallest absolute Gasteiger partial charge is 0.251 e. The van der Waals surface area contributed by atoms with E-state index < -0.39 is 0 Å². The van der Waals surface area contributed by atoms with E-state index in [9.17, 15) is 14.4 Å². The molecule has 2 aromatic rings. The fourth-order valence-corrected chi connectivity index (χ4v) is 3.38. The Labute approximate surface area is 164 Å². The van der Waals surface area contributed by atoms with E-state index in [0.717, 1.165) is 36.9 Å². The minimum atomic E-state index is -0.199. The normalized spacial score (nSPS) is 13.8. The average Bonchev–Trinajstić information content (AvgIpc) is 3.21. The van der Waals surface area contributed by atoms with Crippen LogP contribution in [0.1, 0.15) is 48.5 Å². The van der Waals surface area contributed by atoms with E-state index in [1.54, 1.807) is 24.3 Å². The van der Waals surface area contributed by atoms with Crippen molar-refractivity contribution in [1.29, 1.82) is 0 Å². The minimum absolute atomic E-state index is 0.0814. The van der Waals surface area contributed by atoms with Gasteiger partial charge in [-0.05, 0) is 54.8 Å². The van der Waals surface area contributed by atoms with Crippen molar-refractivity contribution in [3.05, 3.63) is 59.7 Å². The molecule has 1 aliphatic carbocycles. The van der Waals surface area contributed by atoms with Crippen LogP contribution >= 0.6 is 0 Å². The second kappa shape index (κ2) is 9.17. The second-order valence-corrected chi connectivity index (χ2v) is 7.11. The summed E-state index contributed by atoms with van der Waals surface area (Å²) in [6.45, 7) is 1.80. The summed E-state index contributed by atoms with van der Waals surface area (Å²) in [7, 11) is 0. The molecular formula is C22H25N3O3. The van der Waals surface area contributed by atoms with Crippen molar-refractivity contribution < 1.29 is 14.4 Å². The van der Waals surface area contributed by atoms with E-state index in [2.05, 4.69) is 16.0 Å². The molecule has 0 radical (unpaired) electrons. The first kappa shape index (κ1) is 19.6. The molecule has 0 aromatic heterocycles. The van der Waals surface area contributed by atoms with E-state index in [4.69, 9.17) is 0 Å². The molecule has 3 N–H and O–H groups in total. The van der Waals surface area contributed by atoms with Gasteiger partial charge in [-0.15, -0.1) is 0 Å². The highest BCUT2D eigenvalue weighted by molar-refractivity contribution is 5.95. The molecule has 146 valence electrons. The molecule has 0 saturated heterocycles. The van der Waals surface area contributed by atoms with Crippen LogP contribution in [0.4, 0.5) is 11.4 Å². The zero-order valence-corrected chi connectivity index (χ0v) is 16.0. The first-order valence-corrected chi connectivity index (χ1v) is 9.57. The maximum atomic E-state index is 12.3. The highest BCUT2D eigenvalue weighted by Crippen LogP contribution is 2.26. The number of benzene rings is 2. The zero-order chi connectivity index (χ0) is 19.9. The van der Waals surface area contributed by atoms with Crippen molar-refractivity contribution >= 4 is 29.1 Å². The van der Waals surface area contributed by atoms with Crippen LogP contribution in [0.2, 0.25) is 0 Å². The van der Waals surface area contributed by atoms with Gasteiger partial charge in [-0.1, -0.05) is 25.0 Å². The van der Waals surface area contributed by atoms with Crippen LogP contribution in [0.15, 0.2) is 48.5 Å². The summed E-state index contributed by atoms with van der Waals surface area (Å²) in [4.78, 5) is 35.6. The predicted octanol–water partition coefficient (Wildman–Crippen LogP) is 3.70. The lowest BCUT2D eigenvalue weighted by atomic mass is 10.1. The quantitative estimate of drug-likeness (QED) is 0.715. The van der Waals surface area contributed by atoms with Gasteiger partial charge in [0.15, 0.2) is 0 Å². The van der Waals surface area contributed by atoms with Gasteiger partial charge in [0, 0.05) is 36.3 Å². The van der Waals surface area contributed by atoms with E-state index in [-0.39, 0.29) is 23.6 Å². The van der Waals surface area contributed by atoms with Crippen LogP contribution in [0.3, 0.4) is 0 Å². The Balaban J connectivity index is 1.54. The third kappa shape index (κ3) is 5.42. The summed E-state index contributed by atoms with van der Waals surface area (Å²) in [5, 5.41) is 8.52. The lowest BCUT2D eigenvalue weighted by Crippen LogP contribution is -2.23. The Bertz CT molecular complexity index is 856. The molecule has 0 atom stereocenters. The molecule has 6 heteroatoms. The maximum Gasteiger partial charge on any atom is 0.251 e. The summed E-state index contributed by atoms with van der Waals surface area (Å²) in [6.07, 6.45) is 4.16. The molecule has 0 bridgehead atoms. The Morgan fingerprint density at radius 3 is 2.32 bits per heavy atom. The summed E-state index contributed by atoms with van der Waals surface area (Å²) in [5.74, 6) is -0.159. The summed E-state index contributed by atoms with van der Waals surface area (Å²) < 4.78 is 0. The molecule has 0 heterocycles. The SMILES string of the molecule is CC(=O)Nc1ccc(C(=O)NCc2cccc(NC(=O)C3CCCC3)c2)cc1. The monoisotopic (exact) mass is 379 g/mol. The first-order valence-electron chi connectivity index (χ1n) is 9.57. The van der Waals surface area contributed by atoms with E-state index in [0.29, 0.717) is 17.8 Å². The van der Waals surface area contributed by atoms with Gasteiger partial charge in [-0.3, -0.25) is 14.4 Å². The fraction of sp³-hybridized carbons (Fsp3) is 0.318. The largest absolute Gasteiger partial charge is 0.348 e. The van der Waals surface area contributed by atoms with E-state index in [1.165, 1.54) is 6.92 Å². The Kier molecular flexibility index (Phi) is 6.42. The molecule has 0 unspecified atom stereocenters. The minimum Gasteiger partial charge on any atom is -0.348 e. The Morgan fingerprint density at radius 2 is 1.64 bits per heavy atom. The first-order chi connectivity index (χ1) is 13.5. The molecule has 6 nitrogen and oxygen atoms in total. The maximum absolute atomic E-state index is 12.3. The van der Waals surface area contributed by atoms with Crippen LogP contribution < -0.4 is 16.0 Å². The van der Waals surface area contributed by atoms with Crippen molar-refractivity contribution in [1.82, 2.24) is 5.32 Å². The van der Waals surface area contributed by atoms with Gasteiger partial charge in [0.1, 0.15) is 0 Å². The van der Waals surface area contributed by atoms with Crippen LogP contribution in [-0.4, -0.2) is 17.7 Å². The van der Waals surface area contributed by atoms with E-state index >= 15 is 0 Å². The van der Waals surface area contributed by atoms with Gasteiger partial charge in [-0.2, -0.15) is 0 Å². The number of anilines is 2. The summed E-state index contributed by atoms with van der Waals surface area (Å²) in [5.41, 5.74) is 2.82. The topological polar surface area (TPSA) is 87.3 Å². The highest BCUT2D eigenvalue weighted by Gasteiger charge is 2.22. The number of amides is 3. The van der Waals surface area contributed by atoms with Crippen molar-refractivity contribution in [3.63, 3.8) is 0 Å². The van der Waals surface area contributed by atoms with Gasteiger partial charge < -0.3 is 16.0 Å². The Hall–Kier alpha value is -3.15. The van der Waals surface area contributed by atoms with Gasteiger partial charge >= 0.3 is 0 Å². The van der Waals surface area contributed by atoms with Crippen LogP contribution in [-0.2, 0) is 16.1 Å². The van der Waals surface area contributed by atoms with Gasteiger partial charge in [0.25, 0.3) is 5.91 Å². The molecule has 1 saturated carbocycles. The summed E-state index contributed by atoms with van der Waals surface area (Å²) >= 11 is 0.